The van der Waals surface area contributed by atoms with E-state index in [0.29, 0.717) is 0 Å². The molecule has 155 valence electrons. The topological polar surface area (TPSA) is 0 Å². The normalized spacial score (nSPS) is 11.0. The molecule has 0 saturated carbocycles. The predicted molar refractivity (Wildman–Crippen MR) is 135 cm³/mol. The van der Waals surface area contributed by atoms with Gasteiger partial charge in [0.25, 0.3) is 0 Å². The zero-order valence-corrected chi connectivity index (χ0v) is 19.6. The van der Waals surface area contributed by atoms with E-state index in [-0.39, 0.29) is 0 Å². The summed E-state index contributed by atoms with van der Waals surface area (Å²) in [6.45, 7) is 13.2. The maximum absolute atomic E-state index is 3.71. The Morgan fingerprint density at radius 3 is 2.00 bits per heavy atom. The summed E-state index contributed by atoms with van der Waals surface area (Å²) >= 11 is 0. The molecule has 0 bridgehead atoms. The van der Waals surface area contributed by atoms with Gasteiger partial charge in [-0.05, 0) is 109 Å². The zero-order chi connectivity index (χ0) is 22.1. The monoisotopic (exact) mass is 403 g/mol. The molecular formula is C31H31. The van der Waals surface area contributed by atoms with Crippen LogP contribution >= 0.6 is 0 Å². The third-order valence-electron chi connectivity index (χ3n) is 6.39. The van der Waals surface area contributed by atoms with Gasteiger partial charge in [0.1, 0.15) is 0 Å². The lowest BCUT2D eigenvalue weighted by Gasteiger charge is -2.20. The summed E-state index contributed by atoms with van der Waals surface area (Å²) in [6, 6.07) is 28.4. The van der Waals surface area contributed by atoms with Crippen LogP contribution in [-0.2, 0) is 6.42 Å². The van der Waals surface area contributed by atoms with Crippen molar-refractivity contribution in [2.75, 3.05) is 0 Å². The largest absolute Gasteiger partial charge is 0.0613 e. The van der Waals surface area contributed by atoms with E-state index in [1.54, 1.807) is 0 Å². The lowest BCUT2D eigenvalue weighted by Crippen LogP contribution is -1.97. The first kappa shape index (κ1) is 21.1. The molecule has 0 fully saturated rings. The first-order chi connectivity index (χ1) is 14.9. The van der Waals surface area contributed by atoms with Crippen molar-refractivity contribution in [1.82, 2.24) is 0 Å². The fraction of sp³-hybridized carbons (Fsp3) is 0.226. The maximum Gasteiger partial charge on any atom is -0.00207 e. The second-order valence-electron chi connectivity index (χ2n) is 8.76. The van der Waals surface area contributed by atoms with Crippen LogP contribution in [-0.4, -0.2) is 0 Å². The standard InChI is InChI=1S/C31H31/c1-7-25-13-12-23(5)30(19-25)28-17-16-27(29-18-21(3)8-11-22(29)4)24(6)31(28)26-14-9-20(2)10-15-26/h8-16,18-19H,7H2,1-6H3. The molecule has 4 rings (SSSR count). The van der Waals surface area contributed by atoms with Gasteiger partial charge in [0.05, 0.1) is 0 Å². The molecule has 0 saturated heterocycles. The second-order valence-corrected chi connectivity index (χ2v) is 8.76. The van der Waals surface area contributed by atoms with Gasteiger partial charge >= 0.3 is 0 Å². The van der Waals surface area contributed by atoms with Gasteiger partial charge in [0.2, 0.25) is 0 Å². The molecule has 0 spiro atoms. The van der Waals surface area contributed by atoms with Gasteiger partial charge in [-0.3, -0.25) is 0 Å². The predicted octanol–water partition coefficient (Wildman–Crippen LogP) is 8.59. The first-order valence-electron chi connectivity index (χ1n) is 11.2. The van der Waals surface area contributed by atoms with E-state index in [1.165, 1.54) is 66.8 Å². The van der Waals surface area contributed by atoms with Crippen molar-refractivity contribution in [1.29, 1.82) is 0 Å². The summed E-state index contributed by atoms with van der Waals surface area (Å²) in [5.41, 5.74) is 15.4. The molecule has 0 atom stereocenters. The number of aryl methyl sites for hydroxylation is 5. The number of rotatable bonds is 4. The Hall–Kier alpha value is -3.12. The minimum Gasteiger partial charge on any atom is -0.0613 e. The number of hydrogen-bond acceptors (Lipinski definition) is 0. The molecule has 0 unspecified atom stereocenters. The third kappa shape index (κ3) is 4.08. The molecule has 0 amide bonds. The molecule has 0 aromatic heterocycles. The molecule has 31 heavy (non-hydrogen) atoms. The Labute approximate surface area is 187 Å². The smallest absolute Gasteiger partial charge is 0.00207 e. The van der Waals surface area contributed by atoms with Gasteiger partial charge < -0.3 is 0 Å². The van der Waals surface area contributed by atoms with E-state index in [2.05, 4.69) is 114 Å². The molecule has 4 aromatic carbocycles. The fourth-order valence-corrected chi connectivity index (χ4v) is 4.40. The molecule has 0 heterocycles. The molecule has 0 nitrogen and oxygen atoms in total. The molecule has 0 aliphatic heterocycles. The minimum absolute atomic E-state index is 1.03. The van der Waals surface area contributed by atoms with Crippen molar-refractivity contribution in [3.63, 3.8) is 0 Å². The van der Waals surface area contributed by atoms with E-state index in [4.69, 9.17) is 0 Å². The average molecular weight is 404 g/mol. The van der Waals surface area contributed by atoms with Crippen LogP contribution in [0.5, 0.6) is 0 Å². The van der Waals surface area contributed by atoms with Crippen molar-refractivity contribution >= 4 is 0 Å². The molecule has 0 aliphatic carbocycles. The van der Waals surface area contributed by atoms with Crippen LogP contribution in [0.3, 0.4) is 0 Å². The van der Waals surface area contributed by atoms with Gasteiger partial charge in [-0.15, -0.1) is 0 Å². The summed E-state index contributed by atoms with van der Waals surface area (Å²) in [5.74, 6) is 0. The molecule has 1 radical (unpaired) electrons. The Bertz CT molecular complexity index is 1240. The minimum atomic E-state index is 1.03. The summed E-state index contributed by atoms with van der Waals surface area (Å²) in [5, 5.41) is 0. The highest BCUT2D eigenvalue weighted by atomic mass is 14.2. The van der Waals surface area contributed by atoms with Crippen LogP contribution < -0.4 is 0 Å². The van der Waals surface area contributed by atoms with Crippen LogP contribution in [0.2, 0.25) is 0 Å². The van der Waals surface area contributed by atoms with Crippen LogP contribution in [0.25, 0.3) is 33.4 Å². The van der Waals surface area contributed by atoms with E-state index < -0.39 is 0 Å². The zero-order valence-electron chi connectivity index (χ0n) is 19.6. The number of benzene rings is 4. The van der Waals surface area contributed by atoms with Gasteiger partial charge in [-0.2, -0.15) is 0 Å². The number of hydrogen-bond donors (Lipinski definition) is 0. The summed E-state index contributed by atoms with van der Waals surface area (Å²) in [7, 11) is 0. The van der Waals surface area contributed by atoms with Crippen LogP contribution in [0, 0.1) is 40.7 Å². The van der Waals surface area contributed by atoms with Gasteiger partial charge in [-0.25, -0.2) is 0 Å². The van der Waals surface area contributed by atoms with Crippen LogP contribution in [0.1, 0.15) is 40.3 Å². The average Bonchev–Trinajstić information content (AvgIpc) is 2.77. The summed E-state index contributed by atoms with van der Waals surface area (Å²) < 4.78 is 0. The van der Waals surface area contributed by atoms with E-state index in [9.17, 15) is 0 Å². The summed E-state index contributed by atoms with van der Waals surface area (Å²) in [4.78, 5) is 0. The molecule has 0 N–H and O–H groups in total. The lowest BCUT2D eigenvalue weighted by atomic mass is 9.84. The highest BCUT2D eigenvalue weighted by Crippen LogP contribution is 2.41. The van der Waals surface area contributed by atoms with Crippen LogP contribution in [0.4, 0.5) is 0 Å². The van der Waals surface area contributed by atoms with Gasteiger partial charge in [-0.1, -0.05) is 78.7 Å². The van der Waals surface area contributed by atoms with E-state index >= 15 is 0 Å². The Morgan fingerprint density at radius 2 is 1.29 bits per heavy atom. The molecular weight excluding hydrogens is 372 g/mol. The molecule has 0 heteroatoms. The fourth-order valence-electron chi connectivity index (χ4n) is 4.40. The van der Waals surface area contributed by atoms with Crippen molar-refractivity contribution in [3.8, 4) is 33.4 Å². The Morgan fingerprint density at radius 1 is 0.645 bits per heavy atom. The van der Waals surface area contributed by atoms with Crippen molar-refractivity contribution < 1.29 is 0 Å². The first-order valence-corrected chi connectivity index (χ1v) is 11.2. The maximum atomic E-state index is 3.71. The Kier molecular flexibility index (Phi) is 5.83. The SMILES string of the molecule is CCc1ccc(C)c(-c2[c]cc(-c3cc(C)ccc3C)c(C)c2-c2ccc(C)cc2)c1. The lowest BCUT2D eigenvalue weighted by molar-refractivity contribution is 1.14. The quantitative estimate of drug-likeness (QED) is 0.320. The third-order valence-corrected chi connectivity index (χ3v) is 6.39. The Balaban J connectivity index is 2.04. The summed E-state index contributed by atoms with van der Waals surface area (Å²) in [6.07, 6.45) is 1.03. The van der Waals surface area contributed by atoms with Gasteiger partial charge in [0, 0.05) is 0 Å². The van der Waals surface area contributed by atoms with E-state index in [1.807, 2.05) is 0 Å². The molecule has 0 aliphatic rings. The highest BCUT2D eigenvalue weighted by molar-refractivity contribution is 5.91. The second kappa shape index (κ2) is 8.55. The van der Waals surface area contributed by atoms with Gasteiger partial charge in [0.15, 0.2) is 0 Å². The van der Waals surface area contributed by atoms with E-state index in [0.717, 1.165) is 6.42 Å². The van der Waals surface area contributed by atoms with Crippen LogP contribution in [0.15, 0.2) is 66.7 Å². The molecule has 4 aromatic rings. The van der Waals surface area contributed by atoms with Crippen molar-refractivity contribution in [2.45, 2.75) is 48.0 Å². The highest BCUT2D eigenvalue weighted by Gasteiger charge is 2.17. The van der Waals surface area contributed by atoms with Crippen molar-refractivity contribution in [2.24, 2.45) is 0 Å². The van der Waals surface area contributed by atoms with Crippen molar-refractivity contribution in [3.05, 3.63) is 106 Å².